The molecule has 2 heterocycles. The molecule has 0 aliphatic carbocycles. The maximum absolute atomic E-state index is 12.8. The highest BCUT2D eigenvalue weighted by atomic mass is 16.5. The Morgan fingerprint density at radius 1 is 1.28 bits per heavy atom. The number of aryl methyl sites for hydroxylation is 2. The molecule has 2 aromatic rings. The molecular formula is C19H26N4O2. The van der Waals surface area contributed by atoms with Gasteiger partial charge >= 0.3 is 0 Å². The number of amides is 1. The Kier molecular flexibility index (Phi) is 5.08. The molecule has 0 saturated carbocycles. The summed E-state index contributed by atoms with van der Waals surface area (Å²) in [7, 11) is 3.78. The Bertz CT molecular complexity index is 719. The second-order valence-corrected chi connectivity index (χ2v) is 6.70. The fourth-order valence-electron chi connectivity index (χ4n) is 3.38. The molecule has 1 fully saturated rings. The molecule has 1 aromatic heterocycles. The molecule has 3 rings (SSSR count). The Balaban J connectivity index is 1.72. The monoisotopic (exact) mass is 342 g/mol. The first-order chi connectivity index (χ1) is 12.0. The highest BCUT2D eigenvalue weighted by Gasteiger charge is 2.29. The Labute approximate surface area is 148 Å². The quantitative estimate of drug-likeness (QED) is 0.924. The van der Waals surface area contributed by atoms with E-state index in [1.54, 1.807) is 7.11 Å². The number of carbonyl (C=O) groups excluding carboxylic acids is 1. The minimum Gasteiger partial charge on any atom is -0.497 e. The van der Waals surface area contributed by atoms with E-state index in [9.17, 15) is 4.79 Å². The van der Waals surface area contributed by atoms with Crippen LogP contribution in [0.5, 0.6) is 5.75 Å². The molecule has 6 heteroatoms. The molecule has 6 nitrogen and oxygen atoms in total. The van der Waals surface area contributed by atoms with Crippen molar-refractivity contribution in [1.82, 2.24) is 20.0 Å². The van der Waals surface area contributed by atoms with Crippen LogP contribution in [0.3, 0.4) is 0 Å². The molecule has 25 heavy (non-hydrogen) atoms. The second kappa shape index (κ2) is 7.27. The van der Waals surface area contributed by atoms with Gasteiger partial charge in [0.1, 0.15) is 5.75 Å². The van der Waals surface area contributed by atoms with Gasteiger partial charge in [-0.3, -0.25) is 14.8 Å². The van der Waals surface area contributed by atoms with Crippen LogP contribution in [0, 0.1) is 13.8 Å². The first kappa shape index (κ1) is 17.5. The van der Waals surface area contributed by atoms with Crippen molar-refractivity contribution in [3.05, 3.63) is 46.8 Å². The molecule has 1 N–H and O–H groups in total. The Hall–Kier alpha value is -2.34. The van der Waals surface area contributed by atoms with Gasteiger partial charge in [0.05, 0.1) is 25.3 Å². The normalized spacial score (nSPS) is 18.4. The van der Waals surface area contributed by atoms with E-state index in [4.69, 9.17) is 4.74 Å². The first-order valence-electron chi connectivity index (χ1n) is 8.62. The van der Waals surface area contributed by atoms with Gasteiger partial charge in [-0.15, -0.1) is 0 Å². The number of likely N-dealkylation sites (N-methyl/N-ethyl adjacent to an activating group) is 1. The number of benzene rings is 1. The van der Waals surface area contributed by atoms with Crippen molar-refractivity contribution < 1.29 is 9.53 Å². The smallest absolute Gasteiger partial charge is 0.227 e. The van der Waals surface area contributed by atoms with Crippen LogP contribution < -0.4 is 4.74 Å². The van der Waals surface area contributed by atoms with Crippen molar-refractivity contribution in [3.8, 4) is 5.75 Å². The van der Waals surface area contributed by atoms with Crippen LogP contribution in [0.2, 0.25) is 0 Å². The molecular weight excluding hydrogens is 316 g/mol. The van der Waals surface area contributed by atoms with Crippen LogP contribution in [0.1, 0.15) is 28.6 Å². The largest absolute Gasteiger partial charge is 0.497 e. The van der Waals surface area contributed by atoms with Gasteiger partial charge in [0.2, 0.25) is 5.91 Å². The van der Waals surface area contributed by atoms with E-state index >= 15 is 0 Å². The number of piperazine rings is 1. The van der Waals surface area contributed by atoms with Gasteiger partial charge in [0, 0.05) is 30.9 Å². The fourth-order valence-corrected chi connectivity index (χ4v) is 3.38. The summed E-state index contributed by atoms with van der Waals surface area (Å²) in [4.78, 5) is 17.1. The molecule has 0 bridgehead atoms. The van der Waals surface area contributed by atoms with E-state index < -0.39 is 0 Å². The SMILES string of the molecule is COc1ccc([C@@H]2CN(C(=O)Cc3c(C)n[nH]c3C)CCN2C)cc1. The Morgan fingerprint density at radius 3 is 2.60 bits per heavy atom. The molecule has 1 amide bonds. The van der Waals surface area contributed by atoms with Crippen LogP contribution >= 0.6 is 0 Å². The van der Waals surface area contributed by atoms with Crippen LogP contribution in [0.25, 0.3) is 0 Å². The highest BCUT2D eigenvalue weighted by molar-refractivity contribution is 5.79. The van der Waals surface area contributed by atoms with Crippen LogP contribution in [0.4, 0.5) is 0 Å². The predicted molar refractivity (Wildman–Crippen MR) is 96.7 cm³/mol. The molecule has 1 aliphatic heterocycles. The van der Waals surface area contributed by atoms with E-state index in [-0.39, 0.29) is 11.9 Å². The minimum absolute atomic E-state index is 0.166. The number of nitrogens with zero attached hydrogens (tertiary/aromatic N) is 3. The van der Waals surface area contributed by atoms with E-state index in [1.807, 2.05) is 30.9 Å². The second-order valence-electron chi connectivity index (χ2n) is 6.70. The number of hydrogen-bond acceptors (Lipinski definition) is 4. The maximum Gasteiger partial charge on any atom is 0.227 e. The van der Waals surface area contributed by atoms with Gasteiger partial charge in [-0.05, 0) is 38.6 Å². The number of hydrogen-bond donors (Lipinski definition) is 1. The molecule has 0 spiro atoms. The van der Waals surface area contributed by atoms with Gasteiger partial charge < -0.3 is 9.64 Å². The zero-order chi connectivity index (χ0) is 18.0. The minimum atomic E-state index is 0.166. The lowest BCUT2D eigenvalue weighted by molar-refractivity contribution is -0.133. The number of nitrogens with one attached hydrogen (secondary N) is 1. The molecule has 1 atom stereocenters. The van der Waals surface area contributed by atoms with Crippen molar-refractivity contribution in [2.45, 2.75) is 26.3 Å². The third kappa shape index (κ3) is 3.69. The van der Waals surface area contributed by atoms with Gasteiger partial charge in [0.25, 0.3) is 0 Å². The number of methoxy groups -OCH3 is 1. The van der Waals surface area contributed by atoms with Crippen molar-refractivity contribution in [1.29, 1.82) is 0 Å². The number of aromatic amines is 1. The average Bonchev–Trinajstić information content (AvgIpc) is 2.94. The van der Waals surface area contributed by atoms with Crippen molar-refractivity contribution in [3.63, 3.8) is 0 Å². The number of carbonyl (C=O) groups is 1. The highest BCUT2D eigenvalue weighted by Crippen LogP contribution is 2.26. The summed E-state index contributed by atoms with van der Waals surface area (Å²) in [6.07, 6.45) is 0.410. The predicted octanol–water partition coefficient (Wildman–Crippen LogP) is 2.09. The topological polar surface area (TPSA) is 61.5 Å². The van der Waals surface area contributed by atoms with Crippen molar-refractivity contribution >= 4 is 5.91 Å². The van der Waals surface area contributed by atoms with E-state index in [0.717, 1.165) is 35.8 Å². The number of H-pyrrole nitrogens is 1. The summed E-state index contributed by atoms with van der Waals surface area (Å²) in [5, 5.41) is 7.15. The molecule has 0 unspecified atom stereocenters. The van der Waals surface area contributed by atoms with E-state index in [0.29, 0.717) is 13.0 Å². The molecule has 1 saturated heterocycles. The molecule has 134 valence electrons. The van der Waals surface area contributed by atoms with Crippen molar-refractivity contribution in [2.24, 2.45) is 0 Å². The average molecular weight is 342 g/mol. The number of rotatable bonds is 4. The molecule has 1 aliphatic rings. The summed E-state index contributed by atoms with van der Waals surface area (Å²) >= 11 is 0. The number of ether oxygens (including phenoxy) is 1. The Morgan fingerprint density at radius 2 is 2.00 bits per heavy atom. The van der Waals surface area contributed by atoms with Crippen LogP contribution in [-0.4, -0.2) is 59.7 Å². The standard InChI is InChI=1S/C19H26N4O2/c1-13-17(14(2)21-20-13)11-19(24)23-10-9-22(3)18(12-23)15-5-7-16(25-4)8-6-15/h5-8,18H,9-12H2,1-4H3,(H,20,21)/t18-/m0/s1. The zero-order valence-electron chi connectivity index (χ0n) is 15.4. The third-order valence-corrected chi connectivity index (χ3v) is 5.11. The van der Waals surface area contributed by atoms with Gasteiger partial charge in [0.15, 0.2) is 0 Å². The van der Waals surface area contributed by atoms with Crippen LogP contribution in [0.15, 0.2) is 24.3 Å². The molecule has 0 radical (unpaired) electrons. The summed E-state index contributed by atoms with van der Waals surface area (Å²) in [5.74, 6) is 1.01. The molecule has 1 aromatic carbocycles. The lowest BCUT2D eigenvalue weighted by Gasteiger charge is -2.39. The lowest BCUT2D eigenvalue weighted by atomic mass is 10.0. The zero-order valence-corrected chi connectivity index (χ0v) is 15.4. The number of aromatic nitrogens is 2. The van der Waals surface area contributed by atoms with Gasteiger partial charge in [-0.25, -0.2) is 0 Å². The first-order valence-corrected chi connectivity index (χ1v) is 8.62. The fraction of sp³-hybridized carbons (Fsp3) is 0.474. The van der Waals surface area contributed by atoms with Crippen molar-refractivity contribution in [2.75, 3.05) is 33.8 Å². The van der Waals surface area contributed by atoms with Gasteiger partial charge in [-0.1, -0.05) is 12.1 Å². The summed E-state index contributed by atoms with van der Waals surface area (Å²) in [6, 6.07) is 8.32. The third-order valence-electron chi connectivity index (χ3n) is 5.11. The lowest BCUT2D eigenvalue weighted by Crippen LogP contribution is -2.49. The summed E-state index contributed by atoms with van der Waals surface area (Å²) in [6.45, 7) is 6.24. The van der Waals surface area contributed by atoms with E-state index in [1.165, 1.54) is 5.56 Å². The van der Waals surface area contributed by atoms with E-state index in [2.05, 4.69) is 34.3 Å². The van der Waals surface area contributed by atoms with Crippen LogP contribution in [-0.2, 0) is 11.2 Å². The van der Waals surface area contributed by atoms with Gasteiger partial charge in [-0.2, -0.15) is 5.10 Å². The summed E-state index contributed by atoms with van der Waals surface area (Å²) in [5.41, 5.74) is 4.11. The summed E-state index contributed by atoms with van der Waals surface area (Å²) < 4.78 is 5.24. The maximum atomic E-state index is 12.8.